The van der Waals surface area contributed by atoms with Crippen molar-refractivity contribution in [3.63, 3.8) is 0 Å². The monoisotopic (exact) mass is 379 g/mol. The SMILES string of the molecule is CS(=O)(=O)N1CCN(Cc2cccc(C(=O)N3CCCCCC3)c2)CC1. The zero-order chi connectivity index (χ0) is 18.6. The van der Waals surface area contributed by atoms with Gasteiger partial charge in [-0.2, -0.15) is 4.31 Å². The van der Waals surface area contributed by atoms with Gasteiger partial charge in [-0.1, -0.05) is 25.0 Å². The molecule has 1 amide bonds. The van der Waals surface area contributed by atoms with Crippen molar-refractivity contribution in [2.24, 2.45) is 0 Å². The van der Waals surface area contributed by atoms with Crippen molar-refractivity contribution in [2.45, 2.75) is 32.2 Å². The molecule has 144 valence electrons. The van der Waals surface area contributed by atoms with Gasteiger partial charge in [-0.25, -0.2) is 8.42 Å². The van der Waals surface area contributed by atoms with Gasteiger partial charge in [-0.15, -0.1) is 0 Å². The molecule has 0 radical (unpaired) electrons. The third-order valence-electron chi connectivity index (χ3n) is 5.27. The fourth-order valence-corrected chi connectivity index (χ4v) is 4.56. The Kier molecular flexibility index (Phi) is 6.32. The third-order valence-corrected chi connectivity index (χ3v) is 6.58. The molecular formula is C19H29N3O3S. The van der Waals surface area contributed by atoms with Crippen LogP contribution in [0.3, 0.4) is 0 Å². The highest BCUT2D eigenvalue weighted by Gasteiger charge is 2.23. The molecule has 0 bridgehead atoms. The van der Waals surface area contributed by atoms with Gasteiger partial charge in [0.15, 0.2) is 0 Å². The number of amides is 1. The molecule has 2 heterocycles. The van der Waals surface area contributed by atoms with Gasteiger partial charge in [-0.05, 0) is 30.5 Å². The lowest BCUT2D eigenvalue weighted by Crippen LogP contribution is -2.47. The predicted octanol–water partition coefficient (Wildman–Crippen LogP) is 1.78. The lowest BCUT2D eigenvalue weighted by Gasteiger charge is -2.33. The summed E-state index contributed by atoms with van der Waals surface area (Å²) >= 11 is 0. The van der Waals surface area contributed by atoms with Crippen LogP contribution in [-0.2, 0) is 16.6 Å². The third kappa shape index (κ3) is 5.05. The molecule has 3 rings (SSSR count). The molecule has 2 saturated heterocycles. The molecule has 0 spiro atoms. The van der Waals surface area contributed by atoms with Gasteiger partial charge in [0.05, 0.1) is 6.26 Å². The van der Waals surface area contributed by atoms with Crippen LogP contribution in [0.15, 0.2) is 24.3 Å². The van der Waals surface area contributed by atoms with Gasteiger partial charge < -0.3 is 4.90 Å². The summed E-state index contributed by atoms with van der Waals surface area (Å²) < 4.78 is 24.8. The summed E-state index contributed by atoms with van der Waals surface area (Å²) in [6.07, 6.45) is 5.87. The van der Waals surface area contributed by atoms with Gasteiger partial charge in [0.25, 0.3) is 5.91 Å². The highest BCUT2D eigenvalue weighted by molar-refractivity contribution is 7.88. The van der Waals surface area contributed by atoms with Crippen LogP contribution in [0.5, 0.6) is 0 Å². The summed E-state index contributed by atoms with van der Waals surface area (Å²) in [6, 6.07) is 7.89. The summed E-state index contributed by atoms with van der Waals surface area (Å²) in [5, 5.41) is 0. The number of hydrogen-bond acceptors (Lipinski definition) is 4. The molecule has 2 fully saturated rings. The Balaban J connectivity index is 1.60. The first-order chi connectivity index (χ1) is 12.4. The van der Waals surface area contributed by atoms with Gasteiger partial charge >= 0.3 is 0 Å². The molecule has 1 aromatic rings. The molecule has 2 aliphatic heterocycles. The van der Waals surface area contributed by atoms with E-state index in [-0.39, 0.29) is 5.91 Å². The number of carbonyl (C=O) groups excluding carboxylic acids is 1. The maximum atomic E-state index is 12.8. The van der Waals surface area contributed by atoms with Crippen LogP contribution in [0.1, 0.15) is 41.6 Å². The number of hydrogen-bond donors (Lipinski definition) is 0. The van der Waals surface area contributed by atoms with E-state index in [1.165, 1.54) is 23.4 Å². The largest absolute Gasteiger partial charge is 0.339 e. The Morgan fingerprint density at radius 3 is 2.23 bits per heavy atom. The zero-order valence-electron chi connectivity index (χ0n) is 15.6. The highest BCUT2D eigenvalue weighted by Crippen LogP contribution is 2.16. The molecule has 2 aliphatic rings. The topological polar surface area (TPSA) is 60.9 Å². The standard InChI is InChI=1S/C19H29N3O3S/c1-26(24,25)22-13-11-20(12-14-22)16-17-7-6-8-18(15-17)19(23)21-9-4-2-3-5-10-21/h6-8,15H,2-5,9-14,16H2,1H3. The summed E-state index contributed by atoms with van der Waals surface area (Å²) in [5.74, 6) is 0.135. The number of nitrogens with zero attached hydrogens (tertiary/aromatic N) is 3. The molecule has 0 aromatic heterocycles. The number of carbonyl (C=O) groups is 1. The van der Waals surface area contributed by atoms with Crippen molar-refractivity contribution in [2.75, 3.05) is 45.5 Å². The molecule has 0 N–H and O–H groups in total. The maximum absolute atomic E-state index is 12.8. The van der Waals surface area contributed by atoms with Crippen LogP contribution in [0.4, 0.5) is 0 Å². The molecular weight excluding hydrogens is 350 g/mol. The van der Waals surface area contributed by atoms with Crippen molar-refractivity contribution >= 4 is 15.9 Å². The molecule has 7 heteroatoms. The average molecular weight is 380 g/mol. The van der Waals surface area contributed by atoms with E-state index in [4.69, 9.17) is 0 Å². The van der Waals surface area contributed by atoms with Gasteiger partial charge in [0.2, 0.25) is 10.0 Å². The Morgan fingerprint density at radius 1 is 0.962 bits per heavy atom. The van der Waals surface area contributed by atoms with E-state index in [0.717, 1.165) is 56.7 Å². The van der Waals surface area contributed by atoms with Crippen LogP contribution in [0.2, 0.25) is 0 Å². The minimum absolute atomic E-state index is 0.135. The Labute approximate surface area is 156 Å². The lowest BCUT2D eigenvalue weighted by molar-refractivity contribution is 0.0761. The highest BCUT2D eigenvalue weighted by atomic mass is 32.2. The molecule has 0 atom stereocenters. The van der Waals surface area contributed by atoms with E-state index in [0.29, 0.717) is 13.1 Å². The normalized spacial score (nSPS) is 20.7. The summed E-state index contributed by atoms with van der Waals surface area (Å²) in [4.78, 5) is 17.0. The minimum Gasteiger partial charge on any atom is -0.339 e. The average Bonchev–Trinajstić information content (AvgIpc) is 2.90. The molecule has 0 aliphatic carbocycles. The fraction of sp³-hybridized carbons (Fsp3) is 0.632. The summed E-state index contributed by atoms with van der Waals surface area (Å²) in [7, 11) is -3.10. The van der Waals surface area contributed by atoms with E-state index in [1.807, 2.05) is 29.2 Å². The fourth-order valence-electron chi connectivity index (χ4n) is 3.74. The van der Waals surface area contributed by atoms with Crippen molar-refractivity contribution < 1.29 is 13.2 Å². The Hall–Kier alpha value is -1.44. The molecule has 6 nitrogen and oxygen atoms in total. The molecule has 26 heavy (non-hydrogen) atoms. The van der Waals surface area contributed by atoms with E-state index >= 15 is 0 Å². The van der Waals surface area contributed by atoms with Crippen LogP contribution in [0.25, 0.3) is 0 Å². The summed E-state index contributed by atoms with van der Waals surface area (Å²) in [6.45, 7) is 4.97. The van der Waals surface area contributed by atoms with Crippen LogP contribution in [-0.4, -0.2) is 74.0 Å². The van der Waals surface area contributed by atoms with Gasteiger partial charge in [0, 0.05) is 51.4 Å². The van der Waals surface area contributed by atoms with Gasteiger partial charge in [0.1, 0.15) is 0 Å². The van der Waals surface area contributed by atoms with Crippen LogP contribution >= 0.6 is 0 Å². The quantitative estimate of drug-likeness (QED) is 0.800. The van der Waals surface area contributed by atoms with Crippen LogP contribution in [0, 0.1) is 0 Å². The Morgan fingerprint density at radius 2 is 1.62 bits per heavy atom. The smallest absolute Gasteiger partial charge is 0.253 e. The predicted molar refractivity (Wildman–Crippen MR) is 103 cm³/mol. The number of piperazine rings is 1. The zero-order valence-corrected chi connectivity index (χ0v) is 16.4. The summed E-state index contributed by atoms with van der Waals surface area (Å²) in [5.41, 5.74) is 1.87. The second-order valence-corrected chi connectivity index (χ2v) is 9.33. The maximum Gasteiger partial charge on any atom is 0.253 e. The first-order valence-electron chi connectivity index (χ1n) is 9.49. The van der Waals surface area contributed by atoms with E-state index in [2.05, 4.69) is 4.90 Å². The molecule has 1 aromatic carbocycles. The molecule has 0 unspecified atom stereocenters. The first-order valence-corrected chi connectivity index (χ1v) is 11.3. The van der Waals surface area contributed by atoms with E-state index in [9.17, 15) is 13.2 Å². The van der Waals surface area contributed by atoms with E-state index < -0.39 is 10.0 Å². The second-order valence-electron chi connectivity index (χ2n) is 7.34. The number of benzene rings is 1. The van der Waals surface area contributed by atoms with Crippen molar-refractivity contribution in [1.29, 1.82) is 0 Å². The minimum atomic E-state index is -3.10. The molecule has 0 saturated carbocycles. The van der Waals surface area contributed by atoms with E-state index in [1.54, 1.807) is 0 Å². The Bertz CT molecular complexity index is 719. The van der Waals surface area contributed by atoms with Crippen molar-refractivity contribution in [1.82, 2.24) is 14.1 Å². The number of sulfonamides is 1. The van der Waals surface area contributed by atoms with Crippen LogP contribution < -0.4 is 0 Å². The first kappa shape index (κ1) is 19.3. The second kappa shape index (κ2) is 8.50. The van der Waals surface area contributed by atoms with Gasteiger partial charge in [-0.3, -0.25) is 9.69 Å². The van der Waals surface area contributed by atoms with Crippen molar-refractivity contribution in [3.05, 3.63) is 35.4 Å². The number of likely N-dealkylation sites (tertiary alicyclic amines) is 1. The van der Waals surface area contributed by atoms with Crippen molar-refractivity contribution in [3.8, 4) is 0 Å². The lowest BCUT2D eigenvalue weighted by atomic mass is 10.1. The number of rotatable bonds is 4.